The van der Waals surface area contributed by atoms with Crippen LogP contribution in [0.25, 0.3) is 11.0 Å². The molecule has 0 radical (unpaired) electrons. The molecule has 4 rings (SSSR count). The van der Waals surface area contributed by atoms with E-state index < -0.39 is 0 Å². The molecule has 3 aromatic rings. The number of nitrogens with one attached hydrogen (secondary N) is 1. The molecule has 0 unspecified atom stereocenters. The second-order valence-electron chi connectivity index (χ2n) is 7.60. The molecule has 3 heterocycles. The summed E-state index contributed by atoms with van der Waals surface area (Å²) in [4.78, 5) is 16.9. The van der Waals surface area contributed by atoms with Crippen LogP contribution < -0.4 is 5.43 Å². The molecule has 0 aliphatic carbocycles. The van der Waals surface area contributed by atoms with E-state index in [1.165, 1.54) is 5.69 Å². The van der Waals surface area contributed by atoms with Gasteiger partial charge in [-0.2, -0.15) is 5.10 Å². The zero-order valence-electron chi connectivity index (χ0n) is 17.2. The summed E-state index contributed by atoms with van der Waals surface area (Å²) in [7, 11) is 0. The zero-order chi connectivity index (χ0) is 20.4. The summed E-state index contributed by atoms with van der Waals surface area (Å²) in [6.45, 7) is 7.97. The molecule has 29 heavy (non-hydrogen) atoms. The van der Waals surface area contributed by atoms with E-state index in [0.717, 1.165) is 54.1 Å². The Morgan fingerprint density at radius 3 is 2.93 bits per heavy atom. The number of aryl methyl sites for hydroxylation is 2. The molecule has 1 N–H and O–H groups in total. The molecule has 152 valence electrons. The monoisotopic (exact) mass is 393 g/mol. The number of imidazole rings is 1. The van der Waals surface area contributed by atoms with Crippen molar-refractivity contribution in [2.45, 2.75) is 52.8 Å². The molecule has 1 fully saturated rings. The van der Waals surface area contributed by atoms with Crippen LogP contribution in [0.1, 0.15) is 35.6 Å². The molecule has 0 spiro atoms. The van der Waals surface area contributed by atoms with Gasteiger partial charge in [0.2, 0.25) is 0 Å². The van der Waals surface area contributed by atoms with Crippen molar-refractivity contribution in [3.63, 3.8) is 0 Å². The van der Waals surface area contributed by atoms with Crippen LogP contribution in [0.2, 0.25) is 0 Å². The smallest absolute Gasteiger partial charge is 0.260 e. The number of hydrogen-bond donors (Lipinski definition) is 1. The first kappa shape index (κ1) is 19.4. The van der Waals surface area contributed by atoms with Gasteiger partial charge in [0.1, 0.15) is 12.4 Å². The summed E-state index contributed by atoms with van der Waals surface area (Å²) in [5.74, 6) is 0.628. The molecule has 7 nitrogen and oxygen atoms in total. The van der Waals surface area contributed by atoms with Crippen LogP contribution in [0.3, 0.4) is 0 Å². The molecular weight excluding hydrogens is 366 g/mol. The van der Waals surface area contributed by atoms with E-state index in [1.807, 2.05) is 35.8 Å². The highest BCUT2D eigenvalue weighted by molar-refractivity contribution is 5.84. The number of nitrogens with zero attached hydrogens (tertiary/aromatic N) is 4. The number of para-hydroxylation sites is 2. The molecule has 0 saturated carbocycles. The maximum atomic E-state index is 12.4. The molecule has 0 bridgehead atoms. The second-order valence-corrected chi connectivity index (χ2v) is 7.60. The predicted molar refractivity (Wildman–Crippen MR) is 113 cm³/mol. The molecule has 1 saturated heterocycles. The number of rotatable bonds is 6. The fourth-order valence-electron chi connectivity index (χ4n) is 3.98. The minimum Gasteiger partial charge on any atom is -0.376 e. The number of aromatic nitrogens is 3. The quantitative estimate of drug-likeness (QED) is 0.517. The van der Waals surface area contributed by atoms with Crippen molar-refractivity contribution in [1.29, 1.82) is 0 Å². The third kappa shape index (κ3) is 4.10. The Kier molecular flexibility index (Phi) is 5.49. The highest BCUT2D eigenvalue weighted by Crippen LogP contribution is 2.19. The number of carbonyl (C=O) groups is 1. The van der Waals surface area contributed by atoms with Gasteiger partial charge < -0.3 is 13.9 Å². The van der Waals surface area contributed by atoms with Gasteiger partial charge >= 0.3 is 0 Å². The van der Waals surface area contributed by atoms with E-state index in [1.54, 1.807) is 6.21 Å². The van der Waals surface area contributed by atoms with Crippen molar-refractivity contribution < 1.29 is 9.53 Å². The summed E-state index contributed by atoms with van der Waals surface area (Å²) >= 11 is 0. The first-order chi connectivity index (χ1) is 14.0. The normalized spacial score (nSPS) is 16.9. The highest BCUT2D eigenvalue weighted by Gasteiger charge is 2.18. The fraction of sp³-hybridized carbons (Fsp3) is 0.409. The Labute approximate surface area is 170 Å². The van der Waals surface area contributed by atoms with Crippen molar-refractivity contribution in [2.24, 2.45) is 5.10 Å². The van der Waals surface area contributed by atoms with Crippen molar-refractivity contribution in [1.82, 2.24) is 19.5 Å². The van der Waals surface area contributed by atoms with Crippen molar-refractivity contribution in [2.75, 3.05) is 6.61 Å². The van der Waals surface area contributed by atoms with Crippen LogP contribution in [-0.4, -0.2) is 39.0 Å². The molecule has 7 heteroatoms. The lowest BCUT2D eigenvalue weighted by atomic mass is 10.2. The molecule has 2 aromatic heterocycles. The average molecular weight is 393 g/mol. The number of hydrazone groups is 1. The third-order valence-corrected chi connectivity index (χ3v) is 5.56. The molecule has 1 aliphatic heterocycles. The number of ether oxygens (including phenoxy) is 1. The second kappa shape index (κ2) is 8.21. The van der Waals surface area contributed by atoms with Gasteiger partial charge in [-0.3, -0.25) is 4.79 Å². The third-order valence-electron chi connectivity index (χ3n) is 5.56. The predicted octanol–water partition coefficient (Wildman–Crippen LogP) is 3.09. The number of hydrogen-bond acceptors (Lipinski definition) is 4. The molecular formula is C22H27N5O2. The largest absolute Gasteiger partial charge is 0.376 e. The Morgan fingerprint density at radius 2 is 2.14 bits per heavy atom. The highest BCUT2D eigenvalue weighted by atomic mass is 16.5. The fourth-order valence-corrected chi connectivity index (χ4v) is 3.98. The van der Waals surface area contributed by atoms with Crippen molar-refractivity contribution >= 4 is 23.2 Å². The summed E-state index contributed by atoms with van der Waals surface area (Å²) < 4.78 is 9.92. The van der Waals surface area contributed by atoms with E-state index in [9.17, 15) is 4.79 Å². The SMILES string of the molecule is Cc1cc(/C=N\NC(=O)Cn2c(C)nc3ccccc32)c(C)n1C[C@@H]1CCCO1. The molecule has 1 aromatic carbocycles. The van der Waals surface area contributed by atoms with E-state index in [4.69, 9.17) is 4.74 Å². The number of fused-ring (bicyclic) bond motifs is 1. The van der Waals surface area contributed by atoms with Gasteiger partial charge in [0.05, 0.1) is 23.4 Å². The van der Waals surface area contributed by atoms with Crippen molar-refractivity contribution in [3.05, 3.63) is 53.1 Å². The number of carbonyl (C=O) groups excluding carboxylic acids is 1. The molecule has 1 amide bonds. The lowest BCUT2D eigenvalue weighted by Crippen LogP contribution is -2.23. The maximum absolute atomic E-state index is 12.4. The van der Waals surface area contributed by atoms with Crippen LogP contribution in [-0.2, 0) is 22.6 Å². The first-order valence-electron chi connectivity index (χ1n) is 10.0. The van der Waals surface area contributed by atoms with Crippen LogP contribution in [0.15, 0.2) is 35.4 Å². The van der Waals surface area contributed by atoms with Crippen LogP contribution in [0.4, 0.5) is 0 Å². The molecule has 1 atom stereocenters. The van der Waals surface area contributed by atoms with Crippen LogP contribution >= 0.6 is 0 Å². The lowest BCUT2D eigenvalue weighted by Gasteiger charge is -2.14. The Hall–Kier alpha value is -2.93. The average Bonchev–Trinajstić information content (AvgIpc) is 3.38. The minimum atomic E-state index is -0.180. The Bertz CT molecular complexity index is 1060. The van der Waals surface area contributed by atoms with Gasteiger partial charge in [-0.1, -0.05) is 12.1 Å². The maximum Gasteiger partial charge on any atom is 0.260 e. The van der Waals surface area contributed by atoms with Gasteiger partial charge in [-0.05, 0) is 51.8 Å². The van der Waals surface area contributed by atoms with Gasteiger partial charge in [-0.15, -0.1) is 0 Å². The molecule has 1 aliphatic rings. The first-order valence-corrected chi connectivity index (χ1v) is 10.0. The number of benzene rings is 1. The van der Waals surface area contributed by atoms with E-state index in [0.29, 0.717) is 0 Å². The number of amides is 1. The van der Waals surface area contributed by atoms with Crippen molar-refractivity contribution in [3.8, 4) is 0 Å². The van der Waals surface area contributed by atoms with Gasteiger partial charge in [0, 0.05) is 30.1 Å². The minimum absolute atomic E-state index is 0.180. The summed E-state index contributed by atoms with van der Waals surface area (Å²) in [5.41, 5.74) is 7.78. The zero-order valence-corrected chi connectivity index (χ0v) is 17.2. The Balaban J connectivity index is 1.41. The van der Waals surface area contributed by atoms with Gasteiger partial charge in [0.15, 0.2) is 0 Å². The summed E-state index contributed by atoms with van der Waals surface area (Å²) in [6, 6.07) is 9.89. The van der Waals surface area contributed by atoms with Crippen LogP contribution in [0, 0.1) is 20.8 Å². The standard InChI is InChI=1S/C22H27N5O2/c1-15-11-18(16(2)26(15)13-19-7-6-10-29-19)12-23-25-22(28)14-27-17(3)24-20-8-4-5-9-21(20)27/h4-5,8-9,11-12,19H,6-7,10,13-14H2,1-3H3,(H,25,28)/b23-12-/t19-/m0/s1. The topological polar surface area (TPSA) is 73.4 Å². The van der Waals surface area contributed by atoms with Gasteiger partial charge in [0.25, 0.3) is 5.91 Å². The van der Waals surface area contributed by atoms with E-state index in [-0.39, 0.29) is 18.6 Å². The van der Waals surface area contributed by atoms with Gasteiger partial charge in [-0.25, -0.2) is 10.4 Å². The Morgan fingerprint density at radius 1 is 1.31 bits per heavy atom. The van der Waals surface area contributed by atoms with Crippen LogP contribution in [0.5, 0.6) is 0 Å². The lowest BCUT2D eigenvalue weighted by molar-refractivity contribution is -0.121. The van der Waals surface area contributed by atoms with E-state index >= 15 is 0 Å². The summed E-state index contributed by atoms with van der Waals surface area (Å²) in [6.07, 6.45) is 4.25. The van der Waals surface area contributed by atoms with E-state index in [2.05, 4.69) is 40.0 Å². The summed E-state index contributed by atoms with van der Waals surface area (Å²) in [5, 5.41) is 4.18.